The number of likely N-dealkylation sites (tertiary alicyclic amines) is 1. The summed E-state index contributed by atoms with van der Waals surface area (Å²) in [5.74, 6) is 1.58. The number of aryl methyl sites for hydroxylation is 2. The Bertz CT molecular complexity index is 865. The van der Waals surface area contributed by atoms with E-state index in [1.54, 1.807) is 18.9 Å². The first kappa shape index (κ1) is 21.5. The molecule has 1 fully saturated rings. The van der Waals surface area contributed by atoms with Gasteiger partial charge >= 0.3 is 0 Å². The van der Waals surface area contributed by atoms with Crippen LogP contribution in [0.5, 0.6) is 11.5 Å². The van der Waals surface area contributed by atoms with Crippen LogP contribution >= 0.6 is 11.6 Å². The van der Waals surface area contributed by atoms with E-state index in [-0.39, 0.29) is 18.5 Å². The van der Waals surface area contributed by atoms with Crippen LogP contribution < -0.4 is 9.47 Å². The van der Waals surface area contributed by atoms with Gasteiger partial charge in [-0.1, -0.05) is 17.7 Å². The summed E-state index contributed by atoms with van der Waals surface area (Å²) >= 11 is 6.23. The van der Waals surface area contributed by atoms with Crippen molar-refractivity contribution >= 4 is 17.5 Å². The number of amides is 1. The van der Waals surface area contributed by atoms with Crippen molar-refractivity contribution in [2.45, 2.75) is 58.5 Å². The van der Waals surface area contributed by atoms with E-state index in [0.717, 1.165) is 61.5 Å². The fraction of sp³-hybridized carbons (Fsp3) is 0.545. The van der Waals surface area contributed by atoms with Gasteiger partial charge in [0.25, 0.3) is 0 Å². The van der Waals surface area contributed by atoms with E-state index in [1.807, 2.05) is 30.9 Å². The number of nitrogens with zero attached hydrogens (tertiary/aromatic N) is 3. The summed E-state index contributed by atoms with van der Waals surface area (Å²) in [6, 6.07) is 6.27. The van der Waals surface area contributed by atoms with E-state index in [4.69, 9.17) is 21.1 Å². The molecule has 1 unspecified atom stereocenters. The predicted octanol–water partition coefficient (Wildman–Crippen LogP) is 4.18. The zero-order valence-electron chi connectivity index (χ0n) is 17.7. The highest BCUT2D eigenvalue weighted by Gasteiger charge is 2.27. The smallest absolute Gasteiger partial charge is 0.244 e. The summed E-state index contributed by atoms with van der Waals surface area (Å²) < 4.78 is 12.4. The van der Waals surface area contributed by atoms with Crippen LogP contribution in [-0.2, 0) is 17.8 Å². The molecular formula is C22H30ClN3O3. The quantitative estimate of drug-likeness (QED) is 0.675. The van der Waals surface area contributed by atoms with Crippen LogP contribution in [-0.4, -0.2) is 47.4 Å². The molecule has 0 spiro atoms. The van der Waals surface area contributed by atoms with Gasteiger partial charge in [0.05, 0.1) is 30.6 Å². The average molecular weight is 420 g/mol. The zero-order valence-corrected chi connectivity index (χ0v) is 18.5. The van der Waals surface area contributed by atoms with Gasteiger partial charge in [0.2, 0.25) is 5.91 Å². The molecule has 29 heavy (non-hydrogen) atoms. The third-order valence-corrected chi connectivity index (χ3v) is 6.29. The van der Waals surface area contributed by atoms with Crippen LogP contribution in [0.3, 0.4) is 0 Å². The molecule has 0 bridgehead atoms. The largest absolute Gasteiger partial charge is 0.493 e. The number of piperidine rings is 1. The van der Waals surface area contributed by atoms with Crippen molar-refractivity contribution in [3.05, 3.63) is 40.2 Å². The maximum Gasteiger partial charge on any atom is 0.244 e. The summed E-state index contributed by atoms with van der Waals surface area (Å²) in [6.45, 7) is 4.82. The van der Waals surface area contributed by atoms with Crippen molar-refractivity contribution in [1.82, 2.24) is 14.7 Å². The summed E-state index contributed by atoms with van der Waals surface area (Å²) in [5.41, 5.74) is 2.79. The second-order valence-corrected chi connectivity index (χ2v) is 7.99. The maximum atomic E-state index is 13.0. The van der Waals surface area contributed by atoms with Crippen molar-refractivity contribution in [1.29, 1.82) is 0 Å². The molecule has 2 aromatic rings. The SMILES string of the molecule is COc1ccc(CCC2CCCCN2C(=O)Cn2nc(C)c(Cl)c2C)cc1OC. The first-order chi connectivity index (χ1) is 13.9. The lowest BCUT2D eigenvalue weighted by atomic mass is 9.95. The zero-order chi connectivity index (χ0) is 21.0. The lowest BCUT2D eigenvalue weighted by molar-refractivity contribution is -0.135. The highest BCUT2D eigenvalue weighted by Crippen LogP contribution is 2.29. The Morgan fingerprint density at radius 1 is 1.21 bits per heavy atom. The number of hydrogen-bond acceptors (Lipinski definition) is 4. The van der Waals surface area contributed by atoms with E-state index < -0.39 is 0 Å². The number of ether oxygens (including phenoxy) is 2. The van der Waals surface area contributed by atoms with Crippen molar-refractivity contribution < 1.29 is 14.3 Å². The van der Waals surface area contributed by atoms with Crippen molar-refractivity contribution in [2.24, 2.45) is 0 Å². The van der Waals surface area contributed by atoms with Crippen molar-refractivity contribution in [2.75, 3.05) is 20.8 Å². The van der Waals surface area contributed by atoms with Gasteiger partial charge in [-0.25, -0.2) is 0 Å². The Labute approximate surface area is 177 Å². The lowest BCUT2D eigenvalue weighted by Gasteiger charge is -2.36. The van der Waals surface area contributed by atoms with Crippen LogP contribution in [0.15, 0.2) is 18.2 Å². The van der Waals surface area contributed by atoms with E-state index in [0.29, 0.717) is 5.02 Å². The van der Waals surface area contributed by atoms with Gasteiger partial charge in [-0.05, 0) is 63.6 Å². The predicted molar refractivity (Wildman–Crippen MR) is 114 cm³/mol. The third-order valence-electron chi connectivity index (χ3n) is 5.74. The van der Waals surface area contributed by atoms with Gasteiger partial charge in [-0.3, -0.25) is 9.48 Å². The number of aromatic nitrogens is 2. The number of rotatable bonds is 7. The molecular weight excluding hydrogens is 390 g/mol. The van der Waals surface area contributed by atoms with E-state index in [2.05, 4.69) is 11.2 Å². The number of benzene rings is 1. The second-order valence-electron chi connectivity index (χ2n) is 7.61. The van der Waals surface area contributed by atoms with Crippen LogP contribution in [0.2, 0.25) is 5.02 Å². The molecule has 1 aliphatic rings. The van der Waals surface area contributed by atoms with Gasteiger partial charge < -0.3 is 14.4 Å². The summed E-state index contributed by atoms with van der Waals surface area (Å²) in [6.07, 6.45) is 5.07. The molecule has 1 aliphatic heterocycles. The minimum atomic E-state index is 0.115. The molecule has 6 nitrogen and oxygen atoms in total. The van der Waals surface area contributed by atoms with Gasteiger partial charge in [-0.2, -0.15) is 5.10 Å². The number of carbonyl (C=O) groups is 1. The molecule has 1 aromatic carbocycles. The minimum Gasteiger partial charge on any atom is -0.493 e. The van der Waals surface area contributed by atoms with Gasteiger partial charge in [0.15, 0.2) is 11.5 Å². The van der Waals surface area contributed by atoms with E-state index in [9.17, 15) is 4.79 Å². The van der Waals surface area contributed by atoms with Gasteiger partial charge in [0.1, 0.15) is 6.54 Å². The highest BCUT2D eigenvalue weighted by atomic mass is 35.5. The lowest BCUT2D eigenvalue weighted by Crippen LogP contribution is -2.45. The number of carbonyl (C=O) groups excluding carboxylic acids is 1. The number of halogens is 1. The average Bonchev–Trinajstić information content (AvgIpc) is 2.98. The molecule has 0 N–H and O–H groups in total. The minimum absolute atomic E-state index is 0.115. The van der Waals surface area contributed by atoms with Crippen molar-refractivity contribution in [3.8, 4) is 11.5 Å². The molecule has 1 amide bonds. The van der Waals surface area contributed by atoms with E-state index in [1.165, 1.54) is 5.56 Å². The van der Waals surface area contributed by atoms with Crippen molar-refractivity contribution in [3.63, 3.8) is 0 Å². The monoisotopic (exact) mass is 419 g/mol. The molecule has 7 heteroatoms. The Hall–Kier alpha value is -2.21. The summed E-state index contributed by atoms with van der Waals surface area (Å²) in [7, 11) is 3.29. The number of methoxy groups -OCH3 is 2. The molecule has 3 rings (SSSR count). The van der Waals surface area contributed by atoms with Crippen LogP contribution in [0.4, 0.5) is 0 Å². The van der Waals surface area contributed by atoms with Crippen LogP contribution in [0.25, 0.3) is 0 Å². The van der Waals surface area contributed by atoms with Gasteiger partial charge in [0, 0.05) is 12.6 Å². The van der Waals surface area contributed by atoms with E-state index >= 15 is 0 Å². The highest BCUT2D eigenvalue weighted by molar-refractivity contribution is 6.31. The molecule has 0 radical (unpaired) electrons. The van der Waals surface area contributed by atoms with Gasteiger partial charge in [-0.15, -0.1) is 0 Å². The Morgan fingerprint density at radius 3 is 2.62 bits per heavy atom. The molecule has 1 atom stereocenters. The topological polar surface area (TPSA) is 56.6 Å². The molecule has 0 aliphatic carbocycles. The molecule has 2 heterocycles. The maximum absolute atomic E-state index is 13.0. The molecule has 158 valence electrons. The number of hydrogen-bond donors (Lipinski definition) is 0. The first-order valence-corrected chi connectivity index (χ1v) is 10.5. The summed E-state index contributed by atoms with van der Waals surface area (Å²) in [4.78, 5) is 15.1. The normalized spacial score (nSPS) is 16.7. The standard InChI is InChI=1S/C22H30ClN3O3/c1-15-22(23)16(2)26(24-15)14-21(27)25-12-6-5-7-18(25)10-8-17-9-11-19(28-3)20(13-17)29-4/h9,11,13,18H,5-8,10,12,14H2,1-4H3. The third kappa shape index (κ3) is 4.86. The second kappa shape index (κ2) is 9.53. The Balaban J connectivity index is 1.66. The first-order valence-electron chi connectivity index (χ1n) is 10.1. The fourth-order valence-corrected chi connectivity index (χ4v) is 4.18. The van der Waals surface area contributed by atoms with Crippen LogP contribution in [0, 0.1) is 13.8 Å². The Morgan fingerprint density at radius 2 is 1.97 bits per heavy atom. The van der Waals surface area contributed by atoms with Crippen LogP contribution in [0.1, 0.15) is 42.6 Å². The molecule has 1 aromatic heterocycles. The fourth-order valence-electron chi connectivity index (χ4n) is 4.05. The summed E-state index contributed by atoms with van der Waals surface area (Å²) in [5, 5.41) is 5.05. The Kier molecular flexibility index (Phi) is 7.06. The molecule has 1 saturated heterocycles. The molecule has 0 saturated carbocycles.